The van der Waals surface area contributed by atoms with Gasteiger partial charge in [-0.25, -0.2) is 0 Å². The lowest BCUT2D eigenvalue weighted by molar-refractivity contribution is -0.119. The molecule has 1 atom stereocenters. The average molecular weight is 146 g/mol. The van der Waals surface area contributed by atoms with E-state index in [1.54, 1.807) is 13.8 Å². The molecule has 2 heteroatoms. The molecule has 0 aromatic rings. The maximum absolute atomic E-state index is 10.7. The van der Waals surface area contributed by atoms with E-state index in [9.17, 15) is 4.79 Å². The molecule has 0 rings (SSSR count). The molecule has 0 fully saturated rings. The Hall–Kier alpha value is -0.530. The Bertz CT molecular complexity index is 202. The van der Waals surface area contributed by atoms with Crippen molar-refractivity contribution in [1.82, 2.24) is 5.32 Å². The molecule has 0 aliphatic carbocycles. The summed E-state index contributed by atoms with van der Waals surface area (Å²) in [5.74, 6) is -0.705. The molecule has 60 valence electrons. The smallest absolute Gasteiger partial charge is 0.217 e. The van der Waals surface area contributed by atoms with Crippen molar-refractivity contribution in [3.05, 3.63) is 0 Å². The zero-order valence-corrected chi connectivity index (χ0v) is 6.99. The fourth-order valence-electron chi connectivity index (χ4n) is 0.733. The third-order valence-electron chi connectivity index (χ3n) is 0.869. The van der Waals surface area contributed by atoms with Crippen molar-refractivity contribution in [2.45, 2.75) is 40.1 Å². The molecule has 0 spiro atoms. The standard InChI is InChI=1S/C8H17NO/c1-6(2)5-7(3)9-8(4)10/h6-7H,5H2,1-4H3,(H,9,10)/i5D2,7D. The maximum atomic E-state index is 10.7. The number of hydrogen-bond donors (Lipinski definition) is 1. The van der Waals surface area contributed by atoms with Gasteiger partial charge in [-0.1, -0.05) is 13.8 Å². The van der Waals surface area contributed by atoms with Crippen LogP contribution in [-0.2, 0) is 4.79 Å². The van der Waals surface area contributed by atoms with Gasteiger partial charge in [0.05, 0.1) is 1.37 Å². The van der Waals surface area contributed by atoms with Crippen LogP contribution in [0, 0.1) is 5.92 Å². The quantitative estimate of drug-likeness (QED) is 0.643. The van der Waals surface area contributed by atoms with E-state index in [2.05, 4.69) is 5.32 Å². The highest BCUT2D eigenvalue weighted by molar-refractivity contribution is 5.73. The fourth-order valence-corrected chi connectivity index (χ4v) is 0.733. The van der Waals surface area contributed by atoms with E-state index < -0.39 is 12.4 Å². The fraction of sp³-hybridized carbons (Fsp3) is 0.875. The second-order valence-corrected chi connectivity index (χ2v) is 2.61. The van der Waals surface area contributed by atoms with Crippen LogP contribution in [0.1, 0.15) is 38.2 Å². The summed E-state index contributed by atoms with van der Waals surface area (Å²) < 4.78 is 23.0. The molecule has 0 saturated heterocycles. The van der Waals surface area contributed by atoms with Crippen LogP contribution in [0.4, 0.5) is 0 Å². The molecule has 1 unspecified atom stereocenters. The van der Waals surface area contributed by atoms with Crippen LogP contribution in [-0.4, -0.2) is 11.9 Å². The van der Waals surface area contributed by atoms with Crippen molar-refractivity contribution < 1.29 is 8.91 Å². The molecule has 0 aliphatic rings. The number of amides is 1. The normalized spacial score (nSPS) is 22.3. The predicted molar refractivity (Wildman–Crippen MR) is 42.7 cm³/mol. The summed E-state index contributed by atoms with van der Waals surface area (Å²) in [6.45, 7) is 6.03. The van der Waals surface area contributed by atoms with Gasteiger partial charge in [0.25, 0.3) is 0 Å². The summed E-state index contributed by atoms with van der Waals surface area (Å²) in [4.78, 5) is 10.7. The number of nitrogens with one attached hydrogen (secondary N) is 1. The van der Waals surface area contributed by atoms with Crippen LogP contribution in [0.2, 0.25) is 0 Å². The van der Waals surface area contributed by atoms with E-state index >= 15 is 0 Å². The van der Waals surface area contributed by atoms with Gasteiger partial charge in [-0.3, -0.25) is 4.79 Å². The van der Waals surface area contributed by atoms with E-state index in [1.165, 1.54) is 13.8 Å². The van der Waals surface area contributed by atoms with E-state index in [0.717, 1.165) is 0 Å². The molecule has 1 N–H and O–H groups in total. The second-order valence-electron chi connectivity index (χ2n) is 2.61. The molecule has 0 heterocycles. The zero-order valence-electron chi connectivity index (χ0n) is 9.99. The maximum Gasteiger partial charge on any atom is 0.217 e. The first-order chi connectivity index (χ1) is 5.61. The Labute approximate surface area is 67.2 Å². The Morgan fingerprint density at radius 1 is 1.70 bits per heavy atom. The van der Waals surface area contributed by atoms with Crippen molar-refractivity contribution in [3.63, 3.8) is 0 Å². The van der Waals surface area contributed by atoms with Gasteiger partial charge in [-0.05, 0) is 19.2 Å². The summed E-state index contributed by atoms with van der Waals surface area (Å²) in [7, 11) is 0. The van der Waals surface area contributed by atoms with E-state index in [-0.39, 0.29) is 11.8 Å². The van der Waals surface area contributed by atoms with Crippen LogP contribution in [0.3, 0.4) is 0 Å². The predicted octanol–water partition coefficient (Wildman–Crippen LogP) is 1.56. The second kappa shape index (κ2) is 4.31. The number of rotatable bonds is 3. The monoisotopic (exact) mass is 146 g/mol. The van der Waals surface area contributed by atoms with Gasteiger partial charge in [-0.15, -0.1) is 0 Å². The van der Waals surface area contributed by atoms with Gasteiger partial charge in [0.1, 0.15) is 0 Å². The highest BCUT2D eigenvalue weighted by Crippen LogP contribution is 2.02. The van der Waals surface area contributed by atoms with Gasteiger partial charge >= 0.3 is 0 Å². The average Bonchev–Trinajstić information content (AvgIpc) is 1.83. The van der Waals surface area contributed by atoms with Gasteiger partial charge < -0.3 is 5.32 Å². The molecule has 1 amide bonds. The summed E-state index contributed by atoms with van der Waals surface area (Å²) in [5, 5.41) is 2.29. The molecule has 0 bridgehead atoms. The molecule has 0 radical (unpaired) electrons. The highest BCUT2D eigenvalue weighted by atomic mass is 16.1. The molecule has 0 aromatic carbocycles. The minimum atomic E-state index is -1.74. The Kier molecular flexibility index (Phi) is 2.23. The molecule has 0 saturated carbocycles. The molecular weight excluding hydrogens is 126 g/mol. The lowest BCUT2D eigenvalue weighted by atomic mass is 10.1. The van der Waals surface area contributed by atoms with Crippen molar-refractivity contribution in [3.8, 4) is 0 Å². The lowest BCUT2D eigenvalue weighted by Gasteiger charge is -2.13. The minimum absolute atomic E-state index is 0.318. The van der Waals surface area contributed by atoms with Gasteiger partial charge in [-0.2, -0.15) is 0 Å². The molecule has 10 heavy (non-hydrogen) atoms. The molecular formula is C8H17NO. The van der Waals surface area contributed by atoms with Gasteiger partial charge in [0.2, 0.25) is 5.91 Å². The third-order valence-corrected chi connectivity index (χ3v) is 0.869. The summed E-state index contributed by atoms with van der Waals surface area (Å²) in [6.07, 6.45) is -1.74. The zero-order chi connectivity index (χ0) is 10.9. The summed E-state index contributed by atoms with van der Waals surface area (Å²) >= 11 is 0. The number of carbonyl (C=O) groups excluding carboxylic acids is 1. The third kappa shape index (κ3) is 5.60. The van der Waals surface area contributed by atoms with Crippen LogP contribution in [0.5, 0.6) is 0 Å². The van der Waals surface area contributed by atoms with Gasteiger partial charge in [0.15, 0.2) is 0 Å². The van der Waals surface area contributed by atoms with Crippen molar-refractivity contribution in [2.75, 3.05) is 0 Å². The van der Waals surface area contributed by atoms with Gasteiger partial charge in [0, 0.05) is 15.7 Å². The summed E-state index contributed by atoms with van der Waals surface area (Å²) in [5.41, 5.74) is 0. The molecule has 2 nitrogen and oxygen atoms in total. The van der Waals surface area contributed by atoms with Crippen LogP contribution < -0.4 is 5.32 Å². The number of hydrogen-bond acceptors (Lipinski definition) is 1. The largest absolute Gasteiger partial charge is 0.354 e. The van der Waals surface area contributed by atoms with Crippen molar-refractivity contribution >= 4 is 5.91 Å². The molecule has 0 aromatic heterocycles. The molecule has 0 aliphatic heterocycles. The Morgan fingerprint density at radius 3 is 2.50 bits per heavy atom. The summed E-state index contributed by atoms with van der Waals surface area (Å²) in [6, 6.07) is -1.58. The van der Waals surface area contributed by atoms with E-state index in [4.69, 9.17) is 4.11 Å². The number of carbonyl (C=O) groups is 1. The van der Waals surface area contributed by atoms with Crippen molar-refractivity contribution in [2.24, 2.45) is 5.92 Å². The first kappa shape index (κ1) is 5.16. The minimum Gasteiger partial charge on any atom is -0.354 e. The highest BCUT2D eigenvalue weighted by Gasteiger charge is 2.04. The van der Waals surface area contributed by atoms with Crippen LogP contribution in [0.25, 0.3) is 0 Å². The Balaban J connectivity index is 4.70. The van der Waals surface area contributed by atoms with E-state index in [0.29, 0.717) is 0 Å². The Morgan fingerprint density at radius 2 is 2.20 bits per heavy atom. The topological polar surface area (TPSA) is 29.1 Å². The van der Waals surface area contributed by atoms with Crippen LogP contribution in [0.15, 0.2) is 0 Å². The van der Waals surface area contributed by atoms with Crippen LogP contribution >= 0.6 is 0 Å². The van der Waals surface area contributed by atoms with Crippen molar-refractivity contribution in [1.29, 1.82) is 0 Å². The first-order valence-corrected chi connectivity index (χ1v) is 3.40. The van der Waals surface area contributed by atoms with E-state index in [1.807, 2.05) is 0 Å². The SMILES string of the molecule is [2H]C(C)(NC(C)=O)C([2H])([2H])C(C)C. The first-order valence-electron chi connectivity index (χ1n) is 4.90. The lowest BCUT2D eigenvalue weighted by Crippen LogP contribution is -2.31.